The van der Waals surface area contributed by atoms with Crippen LogP contribution in [-0.2, 0) is 13.1 Å². The van der Waals surface area contributed by atoms with Gasteiger partial charge in [-0.1, -0.05) is 24.3 Å². The molecule has 6 aromatic rings. The van der Waals surface area contributed by atoms with Crippen LogP contribution in [0.25, 0.3) is 44.6 Å². The van der Waals surface area contributed by atoms with Gasteiger partial charge < -0.3 is 14.8 Å². The van der Waals surface area contributed by atoms with Crippen molar-refractivity contribution in [3.8, 4) is 28.7 Å². The van der Waals surface area contributed by atoms with Crippen molar-refractivity contribution in [2.24, 2.45) is 0 Å². The maximum absolute atomic E-state index is 9.97. The van der Waals surface area contributed by atoms with Crippen molar-refractivity contribution < 1.29 is 9.52 Å². The number of pyridine rings is 2. The molecule has 3 aromatic carbocycles. The molecule has 0 radical (unpaired) electrons. The number of oxazole rings is 1. The number of aromatic nitrogens is 3. The van der Waals surface area contributed by atoms with Gasteiger partial charge in [0.15, 0.2) is 11.4 Å². The predicted molar refractivity (Wildman–Crippen MR) is 192 cm³/mol. The van der Waals surface area contributed by atoms with Gasteiger partial charge in [0.2, 0.25) is 5.89 Å². The standard InChI is InChI=1S/C40H39N7O2/c1-25-32(7-5-9-34(25)40-45-36-19-27(17-30(20-41)38(36)49-40)22-47-16-12-31(48)24-47)33-8-6-10-35(26(33)2)44-39-37-29(11-13-42-39)18-28(21-43-37)23-46-14-3-4-15-46/h5-11,13,17-19,21,31,48H,3-4,12,14-16,22-24H2,1-2H3,(H,42,44)/t31-/m1/s1. The van der Waals surface area contributed by atoms with Crippen molar-refractivity contribution in [2.45, 2.75) is 52.3 Å². The number of nitrogens with one attached hydrogen (secondary N) is 1. The van der Waals surface area contributed by atoms with E-state index in [1.54, 1.807) is 0 Å². The fourth-order valence-corrected chi connectivity index (χ4v) is 7.43. The van der Waals surface area contributed by atoms with Gasteiger partial charge in [0.25, 0.3) is 0 Å². The monoisotopic (exact) mass is 649 g/mol. The third-order valence-electron chi connectivity index (χ3n) is 10.0. The molecule has 9 nitrogen and oxygen atoms in total. The van der Waals surface area contributed by atoms with Crippen molar-refractivity contribution in [3.05, 3.63) is 101 Å². The van der Waals surface area contributed by atoms with E-state index in [1.807, 2.05) is 42.7 Å². The van der Waals surface area contributed by atoms with Crippen LogP contribution in [0.1, 0.15) is 47.1 Å². The summed E-state index contributed by atoms with van der Waals surface area (Å²) in [5, 5.41) is 24.6. The smallest absolute Gasteiger partial charge is 0.227 e. The lowest BCUT2D eigenvalue weighted by atomic mass is 9.93. The summed E-state index contributed by atoms with van der Waals surface area (Å²) in [6, 6.07) is 22.9. The Morgan fingerprint density at radius 3 is 2.47 bits per heavy atom. The second-order valence-electron chi connectivity index (χ2n) is 13.4. The fourth-order valence-electron chi connectivity index (χ4n) is 7.43. The Hall–Kier alpha value is -5.14. The molecule has 2 N–H and O–H groups in total. The third-order valence-corrected chi connectivity index (χ3v) is 10.0. The fraction of sp³-hybridized carbons (Fsp3) is 0.300. The molecule has 0 saturated carbocycles. The summed E-state index contributed by atoms with van der Waals surface area (Å²) in [6.07, 6.45) is 6.85. The van der Waals surface area contributed by atoms with Gasteiger partial charge in [-0.3, -0.25) is 14.8 Å². The Balaban J connectivity index is 1.09. The Labute approximate surface area is 285 Å². The van der Waals surface area contributed by atoms with E-state index in [4.69, 9.17) is 14.4 Å². The number of benzene rings is 3. The van der Waals surface area contributed by atoms with Crippen LogP contribution in [0.5, 0.6) is 0 Å². The second kappa shape index (κ2) is 13.1. The predicted octanol–water partition coefficient (Wildman–Crippen LogP) is 7.50. The van der Waals surface area contributed by atoms with Crippen LogP contribution in [0.2, 0.25) is 0 Å². The normalized spacial score (nSPS) is 16.9. The molecule has 5 heterocycles. The van der Waals surface area contributed by atoms with Gasteiger partial charge in [-0.25, -0.2) is 9.97 Å². The zero-order valence-electron chi connectivity index (χ0n) is 27.9. The molecular formula is C40H39N7O2. The Kier molecular flexibility index (Phi) is 8.30. The summed E-state index contributed by atoms with van der Waals surface area (Å²) in [4.78, 5) is 19.1. The van der Waals surface area contributed by atoms with Crippen molar-refractivity contribution in [1.82, 2.24) is 24.8 Å². The number of aliphatic hydroxyl groups excluding tert-OH is 1. The largest absolute Gasteiger partial charge is 0.435 e. The minimum absolute atomic E-state index is 0.294. The van der Waals surface area contributed by atoms with Crippen LogP contribution >= 0.6 is 0 Å². The van der Waals surface area contributed by atoms with Crippen LogP contribution in [0.15, 0.2) is 77.5 Å². The molecule has 2 saturated heterocycles. The first-order valence-electron chi connectivity index (χ1n) is 17.1. The highest BCUT2D eigenvalue weighted by Crippen LogP contribution is 2.38. The van der Waals surface area contributed by atoms with E-state index < -0.39 is 0 Å². The number of fused-ring (bicyclic) bond motifs is 2. The summed E-state index contributed by atoms with van der Waals surface area (Å²) in [6.45, 7) is 9.59. The van der Waals surface area contributed by atoms with Crippen molar-refractivity contribution >= 4 is 33.5 Å². The van der Waals surface area contributed by atoms with Crippen LogP contribution in [0.3, 0.4) is 0 Å². The molecule has 0 spiro atoms. The number of anilines is 2. The maximum Gasteiger partial charge on any atom is 0.227 e. The SMILES string of the molecule is Cc1c(Nc2nccc3cc(CN4CCCC4)cnc23)cccc1-c1cccc(-c2nc3cc(CN4CC[C@@H](O)C4)cc(C#N)c3o2)c1C. The molecular weight excluding hydrogens is 610 g/mol. The van der Waals surface area contributed by atoms with Crippen LogP contribution in [-0.4, -0.2) is 62.1 Å². The number of hydrogen-bond donors (Lipinski definition) is 2. The first kappa shape index (κ1) is 31.1. The molecule has 3 aromatic heterocycles. The number of nitrogens with zero attached hydrogens (tertiary/aromatic N) is 6. The number of hydrogen-bond acceptors (Lipinski definition) is 9. The summed E-state index contributed by atoms with van der Waals surface area (Å²) in [7, 11) is 0. The summed E-state index contributed by atoms with van der Waals surface area (Å²) in [5.74, 6) is 1.22. The number of β-amino-alcohol motifs (C(OH)–C–C–N with tert-alkyl or cyclic N) is 1. The lowest BCUT2D eigenvalue weighted by Gasteiger charge is -2.17. The maximum atomic E-state index is 9.97. The lowest BCUT2D eigenvalue weighted by Crippen LogP contribution is -2.21. The highest BCUT2D eigenvalue weighted by atomic mass is 16.3. The van der Waals surface area contributed by atoms with Gasteiger partial charge in [0.05, 0.1) is 11.7 Å². The number of likely N-dealkylation sites (tertiary alicyclic amines) is 2. The molecule has 246 valence electrons. The number of aliphatic hydroxyl groups is 1. The van der Waals surface area contributed by atoms with E-state index in [9.17, 15) is 10.4 Å². The average Bonchev–Trinajstić information content (AvgIpc) is 3.87. The Morgan fingerprint density at radius 1 is 0.898 bits per heavy atom. The number of rotatable bonds is 8. The Morgan fingerprint density at radius 2 is 1.67 bits per heavy atom. The lowest BCUT2D eigenvalue weighted by molar-refractivity contribution is 0.175. The van der Waals surface area contributed by atoms with Crippen LogP contribution < -0.4 is 5.32 Å². The molecule has 0 aliphatic carbocycles. The summed E-state index contributed by atoms with van der Waals surface area (Å²) >= 11 is 0. The summed E-state index contributed by atoms with van der Waals surface area (Å²) < 4.78 is 6.29. The average molecular weight is 650 g/mol. The first-order valence-corrected chi connectivity index (χ1v) is 17.1. The van der Waals surface area contributed by atoms with E-state index in [-0.39, 0.29) is 6.10 Å². The van der Waals surface area contributed by atoms with Gasteiger partial charge in [0.1, 0.15) is 17.1 Å². The van der Waals surface area contributed by atoms with Gasteiger partial charge >= 0.3 is 0 Å². The first-order chi connectivity index (χ1) is 23.9. The van der Waals surface area contributed by atoms with E-state index >= 15 is 0 Å². The zero-order valence-corrected chi connectivity index (χ0v) is 27.9. The Bertz CT molecular complexity index is 2230. The molecule has 49 heavy (non-hydrogen) atoms. The molecule has 0 unspecified atom stereocenters. The molecule has 0 amide bonds. The molecule has 0 bridgehead atoms. The molecule has 1 atom stereocenters. The van der Waals surface area contributed by atoms with Crippen molar-refractivity contribution in [3.63, 3.8) is 0 Å². The molecule has 9 heteroatoms. The van der Waals surface area contributed by atoms with Crippen LogP contribution in [0.4, 0.5) is 11.5 Å². The van der Waals surface area contributed by atoms with Crippen LogP contribution in [0, 0.1) is 25.2 Å². The van der Waals surface area contributed by atoms with Gasteiger partial charge in [0, 0.05) is 55.2 Å². The van der Waals surface area contributed by atoms with E-state index in [0.717, 1.165) is 88.4 Å². The van der Waals surface area contributed by atoms with E-state index in [2.05, 4.69) is 70.3 Å². The minimum atomic E-state index is -0.294. The molecule has 8 rings (SSSR count). The minimum Gasteiger partial charge on any atom is -0.435 e. The number of nitriles is 1. The van der Waals surface area contributed by atoms with E-state index in [0.29, 0.717) is 35.6 Å². The highest BCUT2D eigenvalue weighted by molar-refractivity contribution is 5.91. The van der Waals surface area contributed by atoms with Gasteiger partial charge in [-0.05, 0) is 116 Å². The molecule has 2 fully saturated rings. The van der Waals surface area contributed by atoms with Crippen molar-refractivity contribution in [1.29, 1.82) is 5.26 Å². The van der Waals surface area contributed by atoms with Crippen molar-refractivity contribution in [2.75, 3.05) is 31.5 Å². The molecule has 2 aliphatic rings. The third kappa shape index (κ3) is 6.15. The second-order valence-corrected chi connectivity index (χ2v) is 13.4. The van der Waals surface area contributed by atoms with Gasteiger partial charge in [-0.15, -0.1) is 0 Å². The van der Waals surface area contributed by atoms with Gasteiger partial charge in [-0.2, -0.15) is 5.26 Å². The zero-order chi connectivity index (χ0) is 33.5. The highest BCUT2D eigenvalue weighted by Gasteiger charge is 2.22. The molecule has 2 aliphatic heterocycles. The topological polar surface area (TPSA) is 114 Å². The van der Waals surface area contributed by atoms with E-state index in [1.165, 1.54) is 18.4 Å². The summed E-state index contributed by atoms with van der Waals surface area (Å²) in [5.41, 5.74) is 10.8. The quantitative estimate of drug-likeness (QED) is 0.173.